The molecule has 10 heteroatoms. The maximum Gasteiger partial charge on any atom is 0.451 e. The molecule has 8 nitrogen and oxygen atoms in total. The van der Waals surface area contributed by atoms with Gasteiger partial charge < -0.3 is 21.5 Å². The van der Waals surface area contributed by atoms with Crippen molar-refractivity contribution < 1.29 is 18.5 Å². The van der Waals surface area contributed by atoms with Crippen LogP contribution in [0, 0.1) is 5.92 Å². The maximum atomic E-state index is 13.2. The highest BCUT2D eigenvalue weighted by atomic mass is 32.2. The first-order valence-electron chi connectivity index (χ1n) is 9.31. The zero-order valence-corrected chi connectivity index (χ0v) is 16.7. The Hall–Kier alpha value is -1.01. The van der Waals surface area contributed by atoms with Gasteiger partial charge in [0.1, 0.15) is 0 Å². The van der Waals surface area contributed by atoms with Crippen LogP contribution in [0.1, 0.15) is 25.3 Å². The molecule has 0 aliphatic carbocycles. The highest BCUT2D eigenvalue weighted by Gasteiger charge is 2.45. The van der Waals surface area contributed by atoms with E-state index in [1.165, 1.54) is 8.61 Å². The Kier molecular flexibility index (Phi) is 7.81. The van der Waals surface area contributed by atoms with Gasteiger partial charge in [-0.1, -0.05) is 36.8 Å². The minimum Gasteiger partial charge on any atom is -0.427 e. The number of nitrogens with two attached hydrogens (primary N) is 2. The summed E-state index contributed by atoms with van der Waals surface area (Å²) in [6.07, 6.45) is 1.48. The Bertz CT molecular complexity index is 687. The van der Waals surface area contributed by atoms with Crippen molar-refractivity contribution in [1.29, 1.82) is 0 Å². The summed E-state index contributed by atoms with van der Waals surface area (Å²) >= 11 is 0. The van der Waals surface area contributed by atoms with Crippen molar-refractivity contribution in [3.05, 3.63) is 35.9 Å². The molecule has 1 aliphatic rings. The summed E-state index contributed by atoms with van der Waals surface area (Å²) in [5, 5.41) is 18.0. The molecule has 2 rings (SSSR count). The van der Waals surface area contributed by atoms with E-state index in [4.69, 9.17) is 21.5 Å². The average Bonchev–Trinajstić information content (AvgIpc) is 2.90. The molecule has 0 radical (unpaired) electrons. The molecular formula is C17H31BN4O4S. The Balaban J connectivity index is 2.11. The first-order chi connectivity index (χ1) is 12.7. The van der Waals surface area contributed by atoms with Crippen LogP contribution in [0.2, 0.25) is 6.32 Å². The van der Waals surface area contributed by atoms with Crippen LogP contribution in [0.15, 0.2) is 30.3 Å². The van der Waals surface area contributed by atoms with E-state index in [9.17, 15) is 8.42 Å². The predicted octanol–water partition coefficient (Wildman–Crippen LogP) is -0.406. The standard InChI is InChI=1S/C17H31BN4O4S/c1-17(20)14-22(13-16(17)8-5-9-18(23)24)27(25,26)21(11-10-19)12-15-6-3-2-4-7-15/h2-4,6-7,16,23-24H,5,8-14,19-20H2,1H3/t16-,17-/m0/s1. The molecule has 1 fully saturated rings. The SMILES string of the molecule is C[C@]1(N)CN(S(=O)(=O)N(CCN)Cc2ccccc2)C[C@@H]1CCCB(O)O. The minimum atomic E-state index is -3.70. The minimum absolute atomic E-state index is 0.0394. The molecule has 1 heterocycles. The molecule has 1 saturated heterocycles. The molecule has 1 aromatic carbocycles. The van der Waals surface area contributed by atoms with Crippen molar-refractivity contribution in [2.24, 2.45) is 17.4 Å². The van der Waals surface area contributed by atoms with Gasteiger partial charge in [-0.3, -0.25) is 0 Å². The van der Waals surface area contributed by atoms with E-state index in [0.717, 1.165) is 5.56 Å². The van der Waals surface area contributed by atoms with Gasteiger partial charge in [0.05, 0.1) is 0 Å². The lowest BCUT2D eigenvalue weighted by molar-refractivity contribution is 0.343. The zero-order chi connectivity index (χ0) is 20.1. The van der Waals surface area contributed by atoms with Crippen LogP contribution in [0.3, 0.4) is 0 Å². The van der Waals surface area contributed by atoms with Crippen LogP contribution in [0.4, 0.5) is 0 Å². The summed E-state index contributed by atoms with van der Waals surface area (Å²) in [4.78, 5) is 0. The zero-order valence-electron chi connectivity index (χ0n) is 15.9. The second-order valence-electron chi connectivity index (χ2n) is 7.52. The third kappa shape index (κ3) is 5.98. The van der Waals surface area contributed by atoms with Gasteiger partial charge in [-0.05, 0) is 31.1 Å². The Morgan fingerprint density at radius 1 is 1.33 bits per heavy atom. The highest BCUT2D eigenvalue weighted by Crippen LogP contribution is 2.32. The predicted molar refractivity (Wildman–Crippen MR) is 107 cm³/mol. The largest absolute Gasteiger partial charge is 0.451 e. The van der Waals surface area contributed by atoms with Gasteiger partial charge in [0, 0.05) is 38.3 Å². The summed E-state index contributed by atoms with van der Waals surface area (Å²) in [6.45, 7) is 3.14. The third-order valence-corrected chi connectivity index (χ3v) is 7.02. The molecule has 0 spiro atoms. The molecule has 0 saturated carbocycles. The summed E-state index contributed by atoms with van der Waals surface area (Å²) < 4.78 is 29.2. The second-order valence-corrected chi connectivity index (χ2v) is 9.45. The first kappa shape index (κ1) is 22.3. The van der Waals surface area contributed by atoms with E-state index in [1.807, 2.05) is 37.3 Å². The smallest absolute Gasteiger partial charge is 0.427 e. The van der Waals surface area contributed by atoms with E-state index < -0.39 is 22.9 Å². The molecule has 1 aromatic rings. The fraction of sp³-hybridized carbons (Fsp3) is 0.647. The monoisotopic (exact) mass is 398 g/mol. The van der Waals surface area contributed by atoms with Gasteiger partial charge in [-0.2, -0.15) is 17.0 Å². The number of benzene rings is 1. The van der Waals surface area contributed by atoms with E-state index >= 15 is 0 Å². The van der Waals surface area contributed by atoms with E-state index in [1.54, 1.807) is 0 Å². The summed E-state index contributed by atoms with van der Waals surface area (Å²) in [6, 6.07) is 9.42. The van der Waals surface area contributed by atoms with Crippen LogP contribution >= 0.6 is 0 Å². The van der Waals surface area contributed by atoms with Crippen molar-refractivity contribution in [3.63, 3.8) is 0 Å². The molecule has 0 bridgehead atoms. The summed E-state index contributed by atoms with van der Waals surface area (Å²) in [7, 11) is -5.04. The molecule has 27 heavy (non-hydrogen) atoms. The fourth-order valence-corrected chi connectivity index (χ4v) is 5.33. The topological polar surface area (TPSA) is 133 Å². The van der Waals surface area contributed by atoms with Crippen molar-refractivity contribution >= 4 is 17.3 Å². The van der Waals surface area contributed by atoms with Crippen LogP contribution in [0.5, 0.6) is 0 Å². The lowest BCUT2D eigenvalue weighted by Gasteiger charge is -2.28. The average molecular weight is 398 g/mol. The molecule has 0 amide bonds. The van der Waals surface area contributed by atoms with Gasteiger partial charge in [0.25, 0.3) is 10.2 Å². The normalized spacial score (nSPS) is 23.9. The Morgan fingerprint density at radius 2 is 2.00 bits per heavy atom. The Morgan fingerprint density at radius 3 is 2.59 bits per heavy atom. The Labute approximate surface area is 162 Å². The molecular weight excluding hydrogens is 367 g/mol. The summed E-state index contributed by atoms with van der Waals surface area (Å²) in [5.74, 6) is -0.0394. The van der Waals surface area contributed by atoms with Crippen molar-refractivity contribution in [3.8, 4) is 0 Å². The van der Waals surface area contributed by atoms with Crippen molar-refractivity contribution in [1.82, 2.24) is 8.61 Å². The summed E-state index contributed by atoms with van der Waals surface area (Å²) in [5.41, 5.74) is 12.3. The quantitative estimate of drug-likeness (QED) is 0.396. The highest BCUT2D eigenvalue weighted by molar-refractivity contribution is 7.86. The molecule has 1 aliphatic heterocycles. The lowest BCUT2D eigenvalue weighted by Crippen LogP contribution is -2.48. The van der Waals surface area contributed by atoms with E-state index in [0.29, 0.717) is 19.4 Å². The van der Waals surface area contributed by atoms with Crippen LogP contribution in [0.25, 0.3) is 0 Å². The van der Waals surface area contributed by atoms with Crippen LogP contribution < -0.4 is 11.5 Å². The third-order valence-electron chi connectivity index (χ3n) is 5.12. The molecule has 2 atom stereocenters. The molecule has 0 aromatic heterocycles. The van der Waals surface area contributed by atoms with Crippen molar-refractivity contribution in [2.75, 3.05) is 26.2 Å². The van der Waals surface area contributed by atoms with Gasteiger partial charge in [0.2, 0.25) is 0 Å². The van der Waals surface area contributed by atoms with Gasteiger partial charge >= 0.3 is 7.12 Å². The number of hydrogen-bond donors (Lipinski definition) is 4. The van der Waals surface area contributed by atoms with Gasteiger partial charge in [-0.15, -0.1) is 0 Å². The molecule has 0 unspecified atom stereocenters. The fourth-order valence-electron chi connectivity index (χ4n) is 3.54. The van der Waals surface area contributed by atoms with Crippen molar-refractivity contribution in [2.45, 2.75) is 38.2 Å². The van der Waals surface area contributed by atoms with Crippen LogP contribution in [-0.4, -0.2) is 65.9 Å². The van der Waals surface area contributed by atoms with Gasteiger partial charge in [-0.25, -0.2) is 0 Å². The maximum absolute atomic E-state index is 13.2. The second kappa shape index (κ2) is 9.46. The number of nitrogens with zero attached hydrogens (tertiary/aromatic N) is 2. The van der Waals surface area contributed by atoms with E-state index in [-0.39, 0.29) is 38.4 Å². The number of rotatable bonds is 10. The molecule has 152 valence electrons. The van der Waals surface area contributed by atoms with Gasteiger partial charge in [0.15, 0.2) is 0 Å². The first-order valence-corrected chi connectivity index (χ1v) is 10.7. The molecule has 6 N–H and O–H groups in total. The van der Waals surface area contributed by atoms with E-state index in [2.05, 4.69) is 0 Å². The number of hydrogen-bond acceptors (Lipinski definition) is 6. The van der Waals surface area contributed by atoms with Crippen LogP contribution in [-0.2, 0) is 16.8 Å². The lowest BCUT2D eigenvalue weighted by atomic mass is 9.79.